The van der Waals surface area contributed by atoms with Crippen LogP contribution in [0.3, 0.4) is 0 Å². The predicted molar refractivity (Wildman–Crippen MR) is 65.6 cm³/mol. The number of likely N-dealkylation sites (N-methyl/N-ethyl adjacent to an activating group) is 1. The Morgan fingerprint density at radius 2 is 2.25 bits per heavy atom. The minimum Gasteiger partial charge on any atom is -0.469 e. The van der Waals surface area contributed by atoms with Gasteiger partial charge in [0.2, 0.25) is 0 Å². The molecular weight excluding hydrogens is 202 g/mol. The van der Waals surface area contributed by atoms with Crippen LogP contribution in [0.25, 0.3) is 0 Å². The first-order valence-corrected chi connectivity index (χ1v) is 6.13. The summed E-state index contributed by atoms with van der Waals surface area (Å²) in [5.74, 6) is 1.01. The molecule has 1 heterocycles. The van der Waals surface area contributed by atoms with Crippen molar-refractivity contribution in [1.29, 1.82) is 0 Å². The van der Waals surface area contributed by atoms with Gasteiger partial charge in [0.1, 0.15) is 5.76 Å². The standard InChI is InChI=1S/C13H23NO2/c1-4-7-13(15-5-2)12(14-3)10-11-8-6-9-16-11/h6,8-9,12-14H,4-5,7,10H2,1-3H3. The quantitative estimate of drug-likeness (QED) is 0.738. The number of hydrogen-bond acceptors (Lipinski definition) is 3. The lowest BCUT2D eigenvalue weighted by atomic mass is 10.0. The topological polar surface area (TPSA) is 34.4 Å². The molecule has 1 aromatic heterocycles. The second-order valence-corrected chi connectivity index (χ2v) is 3.96. The Labute approximate surface area is 98.2 Å². The lowest BCUT2D eigenvalue weighted by Gasteiger charge is -2.25. The summed E-state index contributed by atoms with van der Waals surface area (Å²) in [6, 6.07) is 4.27. The normalized spacial score (nSPS) is 14.9. The van der Waals surface area contributed by atoms with Crippen LogP contribution in [0.15, 0.2) is 22.8 Å². The minimum absolute atomic E-state index is 0.269. The first-order valence-electron chi connectivity index (χ1n) is 6.13. The van der Waals surface area contributed by atoms with E-state index in [1.165, 1.54) is 0 Å². The number of rotatable bonds is 8. The number of ether oxygens (including phenoxy) is 1. The summed E-state index contributed by atoms with van der Waals surface area (Å²) in [6.07, 6.45) is 5.09. The molecule has 0 aliphatic rings. The maximum atomic E-state index is 5.78. The lowest BCUT2D eigenvalue weighted by Crippen LogP contribution is -2.41. The third kappa shape index (κ3) is 3.99. The molecule has 92 valence electrons. The third-order valence-corrected chi connectivity index (χ3v) is 2.77. The lowest BCUT2D eigenvalue weighted by molar-refractivity contribution is 0.0289. The molecule has 2 unspecified atom stereocenters. The number of furan rings is 1. The molecule has 0 saturated carbocycles. The molecule has 2 atom stereocenters. The van der Waals surface area contributed by atoms with Crippen LogP contribution >= 0.6 is 0 Å². The second-order valence-electron chi connectivity index (χ2n) is 3.96. The summed E-state index contributed by atoms with van der Waals surface area (Å²) in [4.78, 5) is 0. The van der Waals surface area contributed by atoms with Crippen LogP contribution in [0.4, 0.5) is 0 Å². The average Bonchev–Trinajstić information content (AvgIpc) is 2.78. The molecule has 0 fully saturated rings. The average molecular weight is 225 g/mol. The first kappa shape index (κ1) is 13.3. The van der Waals surface area contributed by atoms with Crippen LogP contribution in [-0.4, -0.2) is 25.8 Å². The fraction of sp³-hybridized carbons (Fsp3) is 0.692. The molecule has 3 nitrogen and oxygen atoms in total. The zero-order valence-corrected chi connectivity index (χ0v) is 10.5. The highest BCUT2D eigenvalue weighted by molar-refractivity contribution is 5.01. The molecule has 0 saturated heterocycles. The maximum Gasteiger partial charge on any atom is 0.105 e. The summed E-state index contributed by atoms with van der Waals surface area (Å²) in [5.41, 5.74) is 0. The van der Waals surface area contributed by atoms with Crippen molar-refractivity contribution in [2.45, 2.75) is 45.3 Å². The van der Waals surface area contributed by atoms with Gasteiger partial charge in [0, 0.05) is 19.1 Å². The zero-order chi connectivity index (χ0) is 11.8. The van der Waals surface area contributed by atoms with E-state index in [1.54, 1.807) is 6.26 Å². The van der Waals surface area contributed by atoms with Crippen molar-refractivity contribution < 1.29 is 9.15 Å². The molecule has 16 heavy (non-hydrogen) atoms. The van der Waals surface area contributed by atoms with Gasteiger partial charge in [-0.25, -0.2) is 0 Å². The molecule has 0 amide bonds. The number of hydrogen-bond donors (Lipinski definition) is 1. The smallest absolute Gasteiger partial charge is 0.105 e. The Hall–Kier alpha value is -0.800. The molecule has 0 radical (unpaired) electrons. The third-order valence-electron chi connectivity index (χ3n) is 2.77. The van der Waals surface area contributed by atoms with Gasteiger partial charge >= 0.3 is 0 Å². The van der Waals surface area contributed by atoms with Crippen LogP contribution in [0.2, 0.25) is 0 Å². The van der Waals surface area contributed by atoms with E-state index in [0.29, 0.717) is 6.04 Å². The van der Waals surface area contributed by atoms with Crippen molar-refractivity contribution in [3.8, 4) is 0 Å². The molecule has 0 aliphatic heterocycles. The Balaban J connectivity index is 2.55. The van der Waals surface area contributed by atoms with Gasteiger partial charge in [-0.3, -0.25) is 0 Å². The van der Waals surface area contributed by atoms with Crippen molar-refractivity contribution >= 4 is 0 Å². The van der Waals surface area contributed by atoms with Gasteiger partial charge in [0.15, 0.2) is 0 Å². The molecule has 0 bridgehead atoms. The Kier molecular flexibility index (Phi) is 6.19. The Bertz CT molecular complexity index is 253. The van der Waals surface area contributed by atoms with Crippen LogP contribution in [0, 0.1) is 0 Å². The predicted octanol–water partition coefficient (Wildman–Crippen LogP) is 2.62. The highest BCUT2D eigenvalue weighted by Crippen LogP contribution is 2.13. The van der Waals surface area contributed by atoms with Gasteiger partial charge < -0.3 is 14.5 Å². The fourth-order valence-electron chi connectivity index (χ4n) is 1.96. The molecular formula is C13H23NO2. The Morgan fingerprint density at radius 1 is 1.44 bits per heavy atom. The monoisotopic (exact) mass is 225 g/mol. The van der Waals surface area contributed by atoms with Crippen LogP contribution in [0.5, 0.6) is 0 Å². The number of nitrogens with one attached hydrogen (secondary N) is 1. The van der Waals surface area contributed by atoms with Gasteiger partial charge in [-0.2, -0.15) is 0 Å². The molecule has 3 heteroatoms. The van der Waals surface area contributed by atoms with Gasteiger partial charge in [0.05, 0.1) is 12.4 Å². The van der Waals surface area contributed by atoms with Gasteiger partial charge in [-0.15, -0.1) is 0 Å². The van der Waals surface area contributed by atoms with Crippen molar-refractivity contribution in [3.63, 3.8) is 0 Å². The highest BCUT2D eigenvalue weighted by atomic mass is 16.5. The van der Waals surface area contributed by atoms with Crippen molar-refractivity contribution in [3.05, 3.63) is 24.2 Å². The Morgan fingerprint density at radius 3 is 2.75 bits per heavy atom. The molecule has 0 aromatic carbocycles. The van der Waals surface area contributed by atoms with E-state index >= 15 is 0 Å². The van der Waals surface area contributed by atoms with Crippen LogP contribution in [0.1, 0.15) is 32.4 Å². The zero-order valence-electron chi connectivity index (χ0n) is 10.5. The summed E-state index contributed by atoms with van der Waals surface area (Å²) < 4.78 is 11.2. The van der Waals surface area contributed by atoms with E-state index in [1.807, 2.05) is 26.1 Å². The minimum atomic E-state index is 0.269. The maximum absolute atomic E-state index is 5.78. The van der Waals surface area contributed by atoms with E-state index in [4.69, 9.17) is 9.15 Å². The molecule has 1 rings (SSSR count). The fourth-order valence-corrected chi connectivity index (χ4v) is 1.96. The molecule has 1 N–H and O–H groups in total. The molecule has 1 aromatic rings. The van der Waals surface area contributed by atoms with E-state index in [-0.39, 0.29) is 6.10 Å². The first-order chi connectivity index (χ1) is 7.81. The van der Waals surface area contributed by atoms with Crippen molar-refractivity contribution in [2.75, 3.05) is 13.7 Å². The molecule has 0 aliphatic carbocycles. The summed E-state index contributed by atoms with van der Waals surface area (Å²) in [7, 11) is 1.98. The van der Waals surface area contributed by atoms with E-state index < -0.39 is 0 Å². The second kappa shape index (κ2) is 7.47. The van der Waals surface area contributed by atoms with Crippen molar-refractivity contribution in [1.82, 2.24) is 5.32 Å². The molecule has 0 spiro atoms. The van der Waals surface area contributed by atoms with Gasteiger partial charge in [0.25, 0.3) is 0 Å². The SMILES string of the molecule is CCCC(OCC)C(Cc1ccco1)NC. The van der Waals surface area contributed by atoms with Crippen LogP contribution in [-0.2, 0) is 11.2 Å². The van der Waals surface area contributed by atoms with Crippen molar-refractivity contribution in [2.24, 2.45) is 0 Å². The summed E-state index contributed by atoms with van der Waals surface area (Å²) in [6.45, 7) is 4.99. The summed E-state index contributed by atoms with van der Waals surface area (Å²) in [5, 5.41) is 3.33. The van der Waals surface area contributed by atoms with E-state index in [9.17, 15) is 0 Å². The highest BCUT2D eigenvalue weighted by Gasteiger charge is 2.20. The van der Waals surface area contributed by atoms with Gasteiger partial charge in [-0.1, -0.05) is 13.3 Å². The van der Waals surface area contributed by atoms with Crippen LogP contribution < -0.4 is 5.32 Å². The van der Waals surface area contributed by atoms with E-state index in [0.717, 1.165) is 31.6 Å². The van der Waals surface area contributed by atoms with E-state index in [2.05, 4.69) is 12.2 Å². The van der Waals surface area contributed by atoms with Gasteiger partial charge in [-0.05, 0) is 32.5 Å². The largest absolute Gasteiger partial charge is 0.469 e. The summed E-state index contributed by atoms with van der Waals surface area (Å²) >= 11 is 0.